The largest absolute Gasteiger partial charge is 0.360 e. The highest BCUT2D eigenvalue weighted by Crippen LogP contribution is 2.15. The number of aryl methyl sites for hydroxylation is 1. The molecule has 1 aliphatic heterocycles. The van der Waals surface area contributed by atoms with Crippen LogP contribution in [0.4, 0.5) is 5.82 Å². The summed E-state index contributed by atoms with van der Waals surface area (Å²) < 4.78 is 4.81. The second kappa shape index (κ2) is 6.51. The molecule has 0 unspecified atom stereocenters. The van der Waals surface area contributed by atoms with E-state index in [0.717, 1.165) is 25.9 Å². The predicted molar refractivity (Wildman–Crippen MR) is 73.1 cm³/mol. The number of nitrogens with zero attached hydrogens (tertiary/aromatic N) is 2. The van der Waals surface area contributed by atoms with Gasteiger partial charge in [0.25, 0.3) is 0 Å². The summed E-state index contributed by atoms with van der Waals surface area (Å²) in [5.74, 6) is -0.545. The van der Waals surface area contributed by atoms with E-state index in [2.05, 4.69) is 27.6 Å². The fourth-order valence-electron chi connectivity index (χ4n) is 2.43. The minimum atomic E-state index is -0.723. The first-order valence-corrected chi connectivity index (χ1v) is 6.86. The van der Waals surface area contributed by atoms with Gasteiger partial charge in [0.1, 0.15) is 5.76 Å². The molecule has 1 aliphatic rings. The van der Waals surface area contributed by atoms with Gasteiger partial charge < -0.3 is 9.84 Å². The SMILES string of the molecule is CCN1CCC[C@@H]1CNC(=O)C(=O)Nc1cc(C)on1. The van der Waals surface area contributed by atoms with Crippen molar-refractivity contribution in [2.45, 2.75) is 32.7 Å². The molecule has 1 aromatic rings. The number of aromatic nitrogens is 1. The van der Waals surface area contributed by atoms with Gasteiger partial charge in [-0.05, 0) is 32.9 Å². The van der Waals surface area contributed by atoms with E-state index >= 15 is 0 Å². The Kier molecular flexibility index (Phi) is 4.73. The Morgan fingerprint density at radius 2 is 2.30 bits per heavy atom. The van der Waals surface area contributed by atoms with Gasteiger partial charge in [0.2, 0.25) is 0 Å². The van der Waals surface area contributed by atoms with E-state index in [-0.39, 0.29) is 5.82 Å². The van der Waals surface area contributed by atoms with Gasteiger partial charge in [0.05, 0.1) is 0 Å². The average molecular weight is 280 g/mol. The van der Waals surface area contributed by atoms with Crippen LogP contribution in [0.3, 0.4) is 0 Å². The van der Waals surface area contributed by atoms with Crippen molar-refractivity contribution in [1.82, 2.24) is 15.4 Å². The Morgan fingerprint density at radius 3 is 2.95 bits per heavy atom. The molecule has 1 fully saturated rings. The Bertz CT molecular complexity index is 486. The molecule has 0 bridgehead atoms. The summed E-state index contributed by atoms with van der Waals surface area (Å²) >= 11 is 0. The summed E-state index contributed by atoms with van der Waals surface area (Å²) in [6.45, 7) is 6.33. The van der Waals surface area contributed by atoms with Crippen LogP contribution in [0.2, 0.25) is 0 Å². The lowest BCUT2D eigenvalue weighted by Crippen LogP contribution is -2.43. The lowest BCUT2D eigenvalue weighted by molar-refractivity contribution is -0.136. The number of hydrogen-bond donors (Lipinski definition) is 2. The smallest absolute Gasteiger partial charge is 0.314 e. The first-order chi connectivity index (χ1) is 9.60. The number of carbonyl (C=O) groups excluding carboxylic acids is 2. The summed E-state index contributed by atoms with van der Waals surface area (Å²) in [6, 6.07) is 1.88. The maximum absolute atomic E-state index is 11.7. The highest BCUT2D eigenvalue weighted by atomic mass is 16.5. The van der Waals surface area contributed by atoms with Crippen LogP contribution in [-0.2, 0) is 9.59 Å². The molecule has 0 saturated carbocycles. The standard InChI is InChI=1S/C13H20N4O3/c1-3-17-6-4-5-10(17)8-14-12(18)13(19)15-11-7-9(2)20-16-11/h7,10H,3-6,8H2,1-2H3,(H,14,18)(H,15,16,19)/t10-/m1/s1. The van der Waals surface area contributed by atoms with E-state index in [1.807, 2.05) is 0 Å². The van der Waals surface area contributed by atoms with E-state index < -0.39 is 11.8 Å². The Balaban J connectivity index is 1.78. The Labute approximate surface area is 117 Å². The maximum Gasteiger partial charge on any atom is 0.314 e. The summed E-state index contributed by atoms with van der Waals surface area (Å²) in [5.41, 5.74) is 0. The van der Waals surface area contributed by atoms with E-state index in [1.165, 1.54) is 0 Å². The van der Waals surface area contributed by atoms with E-state index in [0.29, 0.717) is 18.3 Å². The van der Waals surface area contributed by atoms with Gasteiger partial charge in [0, 0.05) is 18.7 Å². The quantitative estimate of drug-likeness (QED) is 0.785. The van der Waals surface area contributed by atoms with Gasteiger partial charge in [-0.3, -0.25) is 19.8 Å². The van der Waals surface area contributed by atoms with Crippen molar-refractivity contribution in [3.8, 4) is 0 Å². The number of likely N-dealkylation sites (tertiary alicyclic amines) is 1. The third kappa shape index (κ3) is 3.57. The van der Waals surface area contributed by atoms with Crippen LogP contribution >= 0.6 is 0 Å². The number of anilines is 1. The Hall–Kier alpha value is -1.89. The second-order valence-electron chi connectivity index (χ2n) is 4.91. The van der Waals surface area contributed by atoms with Crippen molar-refractivity contribution < 1.29 is 14.1 Å². The molecular formula is C13H20N4O3. The predicted octanol–water partition coefficient (Wildman–Crippen LogP) is 0.522. The first kappa shape index (κ1) is 14.5. The van der Waals surface area contributed by atoms with Crippen molar-refractivity contribution in [3.63, 3.8) is 0 Å². The summed E-state index contributed by atoms with van der Waals surface area (Å²) in [7, 11) is 0. The number of nitrogens with one attached hydrogen (secondary N) is 2. The minimum Gasteiger partial charge on any atom is -0.360 e. The summed E-state index contributed by atoms with van der Waals surface area (Å²) in [5, 5.41) is 8.66. The average Bonchev–Trinajstić information content (AvgIpc) is 3.04. The molecule has 2 rings (SSSR count). The molecule has 1 atom stereocenters. The van der Waals surface area contributed by atoms with Gasteiger partial charge in [-0.25, -0.2) is 0 Å². The van der Waals surface area contributed by atoms with Crippen molar-refractivity contribution in [1.29, 1.82) is 0 Å². The molecule has 7 nitrogen and oxygen atoms in total. The molecule has 0 spiro atoms. The third-order valence-electron chi connectivity index (χ3n) is 3.48. The Morgan fingerprint density at radius 1 is 1.50 bits per heavy atom. The maximum atomic E-state index is 11.7. The van der Waals surface area contributed by atoms with E-state index in [9.17, 15) is 9.59 Å². The monoisotopic (exact) mass is 280 g/mol. The molecule has 7 heteroatoms. The van der Waals surface area contributed by atoms with Gasteiger partial charge >= 0.3 is 11.8 Å². The van der Waals surface area contributed by atoms with Crippen molar-refractivity contribution in [2.75, 3.05) is 25.0 Å². The van der Waals surface area contributed by atoms with Crippen LogP contribution in [-0.4, -0.2) is 47.5 Å². The van der Waals surface area contributed by atoms with Crippen LogP contribution in [0, 0.1) is 6.92 Å². The number of hydrogen-bond acceptors (Lipinski definition) is 5. The molecule has 110 valence electrons. The molecule has 20 heavy (non-hydrogen) atoms. The van der Waals surface area contributed by atoms with Crippen LogP contribution in [0.5, 0.6) is 0 Å². The lowest BCUT2D eigenvalue weighted by Gasteiger charge is -2.22. The molecule has 0 aromatic carbocycles. The normalized spacial score (nSPS) is 19.0. The van der Waals surface area contributed by atoms with Gasteiger partial charge in [0.15, 0.2) is 5.82 Å². The molecule has 2 heterocycles. The highest BCUT2D eigenvalue weighted by molar-refractivity contribution is 6.39. The van der Waals surface area contributed by atoms with Gasteiger partial charge in [-0.15, -0.1) is 0 Å². The first-order valence-electron chi connectivity index (χ1n) is 6.86. The van der Waals surface area contributed by atoms with E-state index in [1.54, 1.807) is 13.0 Å². The fraction of sp³-hybridized carbons (Fsp3) is 0.615. The number of likely N-dealkylation sites (N-methyl/N-ethyl adjacent to an activating group) is 1. The molecular weight excluding hydrogens is 260 g/mol. The molecule has 0 radical (unpaired) electrons. The van der Waals surface area contributed by atoms with Crippen molar-refractivity contribution in [2.24, 2.45) is 0 Å². The number of rotatable bonds is 4. The van der Waals surface area contributed by atoms with Gasteiger partial charge in [-0.1, -0.05) is 12.1 Å². The van der Waals surface area contributed by atoms with Crippen molar-refractivity contribution in [3.05, 3.63) is 11.8 Å². The van der Waals surface area contributed by atoms with Crippen LogP contribution in [0.1, 0.15) is 25.5 Å². The molecule has 1 aromatic heterocycles. The second-order valence-corrected chi connectivity index (χ2v) is 4.91. The van der Waals surface area contributed by atoms with Crippen molar-refractivity contribution >= 4 is 17.6 Å². The van der Waals surface area contributed by atoms with Crippen LogP contribution in [0.25, 0.3) is 0 Å². The lowest BCUT2D eigenvalue weighted by atomic mass is 10.2. The minimum absolute atomic E-state index is 0.249. The molecule has 0 aliphatic carbocycles. The molecule has 2 N–H and O–H groups in total. The third-order valence-corrected chi connectivity index (χ3v) is 3.48. The van der Waals surface area contributed by atoms with Crippen LogP contribution in [0.15, 0.2) is 10.6 Å². The van der Waals surface area contributed by atoms with Gasteiger partial charge in [-0.2, -0.15) is 0 Å². The fourth-order valence-corrected chi connectivity index (χ4v) is 2.43. The molecule has 1 saturated heterocycles. The topological polar surface area (TPSA) is 87.5 Å². The molecule has 2 amide bonds. The number of carbonyl (C=O) groups is 2. The zero-order valence-electron chi connectivity index (χ0n) is 11.8. The summed E-state index contributed by atoms with van der Waals surface area (Å²) in [4.78, 5) is 25.7. The van der Waals surface area contributed by atoms with Crippen LogP contribution < -0.4 is 10.6 Å². The summed E-state index contributed by atoms with van der Waals surface area (Å²) in [6.07, 6.45) is 2.19. The zero-order chi connectivity index (χ0) is 14.5. The van der Waals surface area contributed by atoms with E-state index in [4.69, 9.17) is 4.52 Å². The number of amides is 2. The zero-order valence-corrected chi connectivity index (χ0v) is 11.8. The highest BCUT2D eigenvalue weighted by Gasteiger charge is 2.24.